The predicted octanol–water partition coefficient (Wildman–Crippen LogP) is 0.940. The van der Waals surface area contributed by atoms with Gasteiger partial charge in [-0.2, -0.15) is 0 Å². The van der Waals surface area contributed by atoms with E-state index in [-0.39, 0.29) is 17.9 Å². The van der Waals surface area contributed by atoms with Gasteiger partial charge in [0.25, 0.3) is 0 Å². The first-order chi connectivity index (χ1) is 10.1. The molecular formula is C16H27N3O2. The molecule has 3 aliphatic heterocycles. The smallest absolute Gasteiger partial charge is 0.245 e. The van der Waals surface area contributed by atoms with Gasteiger partial charge in [-0.3, -0.25) is 9.59 Å². The number of carbonyl (C=O) groups excluding carboxylic acids is 2. The number of carbonyl (C=O) groups is 2. The molecule has 0 spiro atoms. The van der Waals surface area contributed by atoms with Crippen molar-refractivity contribution in [3.05, 3.63) is 0 Å². The highest BCUT2D eigenvalue weighted by Gasteiger charge is 2.40. The average molecular weight is 293 g/mol. The molecule has 0 aromatic rings. The van der Waals surface area contributed by atoms with Crippen LogP contribution in [0.5, 0.6) is 0 Å². The monoisotopic (exact) mass is 293 g/mol. The van der Waals surface area contributed by atoms with Crippen LogP contribution < -0.4 is 0 Å². The van der Waals surface area contributed by atoms with E-state index in [1.54, 1.807) is 0 Å². The Kier molecular flexibility index (Phi) is 4.20. The van der Waals surface area contributed by atoms with Crippen molar-refractivity contribution in [1.29, 1.82) is 0 Å². The van der Waals surface area contributed by atoms with Crippen LogP contribution in [0.3, 0.4) is 0 Å². The molecule has 5 nitrogen and oxygen atoms in total. The van der Waals surface area contributed by atoms with Gasteiger partial charge in [0.05, 0.1) is 0 Å². The van der Waals surface area contributed by atoms with E-state index in [0.29, 0.717) is 24.9 Å². The fourth-order valence-corrected chi connectivity index (χ4v) is 3.99. The third kappa shape index (κ3) is 2.93. The normalized spacial score (nSPS) is 31.2. The number of likely N-dealkylation sites (tertiary alicyclic amines) is 1. The molecule has 0 saturated carbocycles. The quantitative estimate of drug-likeness (QED) is 0.778. The molecule has 2 unspecified atom stereocenters. The first-order valence-electron chi connectivity index (χ1n) is 8.38. The summed E-state index contributed by atoms with van der Waals surface area (Å²) in [6.07, 6.45) is 3.50. The molecule has 3 rings (SSSR count). The second kappa shape index (κ2) is 5.95. The Morgan fingerprint density at radius 1 is 1.14 bits per heavy atom. The number of fused-ring (bicyclic) bond motifs is 1. The van der Waals surface area contributed by atoms with Gasteiger partial charge in [-0.1, -0.05) is 0 Å². The standard InChI is InChI=1S/C16H27N3O2/c1-12(2)17-8-5-13(10-17)11-18-9-6-15(20)19-7-3-4-14(19)16(18)21/h12-14H,3-11H2,1-2H3. The predicted molar refractivity (Wildman–Crippen MR) is 80.7 cm³/mol. The van der Waals surface area contributed by atoms with Crippen LogP contribution in [0.25, 0.3) is 0 Å². The molecule has 118 valence electrons. The third-order valence-corrected chi connectivity index (χ3v) is 5.29. The molecule has 3 heterocycles. The Morgan fingerprint density at radius 2 is 1.95 bits per heavy atom. The lowest BCUT2D eigenvalue weighted by atomic mass is 10.1. The zero-order chi connectivity index (χ0) is 15.0. The van der Waals surface area contributed by atoms with Gasteiger partial charge in [-0.05, 0) is 45.6 Å². The Labute approximate surface area is 127 Å². The summed E-state index contributed by atoms with van der Waals surface area (Å²) >= 11 is 0. The van der Waals surface area contributed by atoms with Crippen LogP contribution in [0.15, 0.2) is 0 Å². The lowest BCUT2D eigenvalue weighted by Gasteiger charge is -2.28. The van der Waals surface area contributed by atoms with E-state index in [9.17, 15) is 9.59 Å². The van der Waals surface area contributed by atoms with Crippen LogP contribution in [0.2, 0.25) is 0 Å². The van der Waals surface area contributed by atoms with Gasteiger partial charge in [-0.25, -0.2) is 0 Å². The molecule has 3 saturated heterocycles. The molecule has 0 N–H and O–H groups in total. The second-order valence-electron chi connectivity index (χ2n) is 7.02. The Bertz CT molecular complexity index is 424. The van der Waals surface area contributed by atoms with Crippen molar-refractivity contribution in [2.24, 2.45) is 5.92 Å². The summed E-state index contributed by atoms with van der Waals surface area (Å²) in [5, 5.41) is 0. The maximum absolute atomic E-state index is 12.7. The van der Waals surface area contributed by atoms with Gasteiger partial charge in [0.2, 0.25) is 11.8 Å². The van der Waals surface area contributed by atoms with Crippen LogP contribution in [-0.4, -0.2) is 71.3 Å². The topological polar surface area (TPSA) is 43.9 Å². The highest BCUT2D eigenvalue weighted by Crippen LogP contribution is 2.26. The molecule has 0 bridgehead atoms. The zero-order valence-electron chi connectivity index (χ0n) is 13.3. The van der Waals surface area contributed by atoms with E-state index in [4.69, 9.17) is 0 Å². The molecule has 0 radical (unpaired) electrons. The molecule has 0 aliphatic carbocycles. The minimum Gasteiger partial charge on any atom is -0.340 e. The minimum atomic E-state index is -0.164. The summed E-state index contributed by atoms with van der Waals surface area (Å²) in [5.41, 5.74) is 0. The summed E-state index contributed by atoms with van der Waals surface area (Å²) in [6, 6.07) is 0.421. The Balaban J connectivity index is 1.63. The number of amides is 2. The van der Waals surface area contributed by atoms with Crippen LogP contribution in [-0.2, 0) is 9.59 Å². The van der Waals surface area contributed by atoms with Gasteiger partial charge < -0.3 is 14.7 Å². The molecule has 2 atom stereocenters. The summed E-state index contributed by atoms with van der Waals surface area (Å²) in [6.45, 7) is 8.90. The minimum absolute atomic E-state index is 0.164. The highest BCUT2D eigenvalue weighted by molar-refractivity contribution is 5.90. The number of hydrogen-bond acceptors (Lipinski definition) is 3. The lowest BCUT2D eigenvalue weighted by molar-refractivity contribution is -0.139. The molecule has 21 heavy (non-hydrogen) atoms. The summed E-state index contributed by atoms with van der Waals surface area (Å²) in [4.78, 5) is 31.1. The van der Waals surface area contributed by atoms with Crippen LogP contribution in [0.1, 0.15) is 39.5 Å². The van der Waals surface area contributed by atoms with E-state index < -0.39 is 0 Å². The van der Waals surface area contributed by atoms with Crippen molar-refractivity contribution in [2.75, 3.05) is 32.7 Å². The Hall–Kier alpha value is -1.10. The zero-order valence-corrected chi connectivity index (χ0v) is 13.3. The van der Waals surface area contributed by atoms with Crippen molar-refractivity contribution in [2.45, 2.75) is 51.6 Å². The summed E-state index contributed by atoms with van der Waals surface area (Å²) in [5.74, 6) is 0.935. The maximum atomic E-state index is 12.7. The van der Waals surface area contributed by atoms with Crippen molar-refractivity contribution < 1.29 is 9.59 Å². The van der Waals surface area contributed by atoms with Crippen molar-refractivity contribution in [1.82, 2.24) is 14.7 Å². The van der Waals surface area contributed by atoms with E-state index >= 15 is 0 Å². The van der Waals surface area contributed by atoms with Gasteiger partial charge in [-0.15, -0.1) is 0 Å². The fourth-order valence-electron chi connectivity index (χ4n) is 3.99. The van der Waals surface area contributed by atoms with Crippen molar-refractivity contribution in [3.63, 3.8) is 0 Å². The van der Waals surface area contributed by atoms with Gasteiger partial charge in [0.1, 0.15) is 6.04 Å². The van der Waals surface area contributed by atoms with Gasteiger partial charge in [0.15, 0.2) is 0 Å². The van der Waals surface area contributed by atoms with E-state index in [0.717, 1.165) is 39.0 Å². The number of nitrogens with zero attached hydrogens (tertiary/aromatic N) is 3. The van der Waals surface area contributed by atoms with E-state index in [1.807, 2.05) is 9.80 Å². The van der Waals surface area contributed by atoms with E-state index in [1.165, 1.54) is 6.42 Å². The SMILES string of the molecule is CC(C)N1CCC(CN2CCC(=O)N3CCCC3C2=O)C1. The molecule has 0 aromatic heterocycles. The molecule has 2 amide bonds. The number of rotatable bonds is 3. The summed E-state index contributed by atoms with van der Waals surface area (Å²) < 4.78 is 0. The molecule has 3 aliphatic rings. The van der Waals surface area contributed by atoms with Gasteiger partial charge in [0, 0.05) is 38.6 Å². The fraction of sp³-hybridized carbons (Fsp3) is 0.875. The average Bonchev–Trinajstić information content (AvgIpc) is 3.08. The maximum Gasteiger partial charge on any atom is 0.245 e. The highest BCUT2D eigenvalue weighted by atomic mass is 16.2. The molecule has 3 fully saturated rings. The largest absolute Gasteiger partial charge is 0.340 e. The summed E-state index contributed by atoms with van der Waals surface area (Å²) in [7, 11) is 0. The van der Waals surface area contributed by atoms with Crippen molar-refractivity contribution >= 4 is 11.8 Å². The molecule has 5 heteroatoms. The van der Waals surface area contributed by atoms with Gasteiger partial charge >= 0.3 is 0 Å². The second-order valence-corrected chi connectivity index (χ2v) is 7.02. The Morgan fingerprint density at radius 3 is 2.67 bits per heavy atom. The van der Waals surface area contributed by atoms with E-state index in [2.05, 4.69) is 18.7 Å². The first kappa shape index (κ1) is 14.8. The van der Waals surface area contributed by atoms with Crippen LogP contribution in [0, 0.1) is 5.92 Å². The number of hydrogen-bond donors (Lipinski definition) is 0. The van der Waals surface area contributed by atoms with Crippen LogP contribution >= 0.6 is 0 Å². The first-order valence-corrected chi connectivity index (χ1v) is 8.38. The lowest BCUT2D eigenvalue weighted by Crippen LogP contribution is -2.45. The molecular weight excluding hydrogens is 266 g/mol. The third-order valence-electron chi connectivity index (χ3n) is 5.29. The molecule has 0 aromatic carbocycles. The van der Waals surface area contributed by atoms with Crippen LogP contribution in [0.4, 0.5) is 0 Å². The van der Waals surface area contributed by atoms with Crippen molar-refractivity contribution in [3.8, 4) is 0 Å².